The number of hydrogen-bond acceptors (Lipinski definition) is 3. The van der Waals surface area contributed by atoms with Gasteiger partial charge >= 0.3 is 0 Å². The van der Waals surface area contributed by atoms with Crippen molar-refractivity contribution in [2.24, 2.45) is 4.99 Å². The fraction of sp³-hybridized carbons (Fsp3) is 0.333. The van der Waals surface area contributed by atoms with Gasteiger partial charge in [-0.25, -0.2) is 4.98 Å². The second-order valence-corrected chi connectivity index (χ2v) is 7.32. The Morgan fingerprint density at radius 3 is 2.71 bits per heavy atom. The van der Waals surface area contributed by atoms with Crippen molar-refractivity contribution in [3.05, 3.63) is 59.4 Å². The second-order valence-electron chi connectivity index (χ2n) is 6.88. The Morgan fingerprint density at radius 1 is 1.14 bits per heavy atom. The highest BCUT2D eigenvalue weighted by atomic mass is 35.5. The molecule has 146 valence electrons. The third kappa shape index (κ3) is 4.22. The van der Waals surface area contributed by atoms with Gasteiger partial charge in [0, 0.05) is 56.9 Å². The second kappa shape index (κ2) is 8.52. The smallest absolute Gasteiger partial charge is 0.193 e. The molecule has 0 spiro atoms. The van der Waals surface area contributed by atoms with E-state index in [0.717, 1.165) is 67.0 Å². The first kappa shape index (κ1) is 18.6. The number of aromatic amines is 1. The van der Waals surface area contributed by atoms with E-state index in [9.17, 15) is 0 Å². The number of anilines is 1. The number of H-pyrrole nitrogens is 1. The summed E-state index contributed by atoms with van der Waals surface area (Å²) in [5.41, 5.74) is 3.28. The molecule has 0 atom stereocenters. The minimum absolute atomic E-state index is 0.781. The Kier molecular flexibility index (Phi) is 5.67. The summed E-state index contributed by atoms with van der Waals surface area (Å²) in [4.78, 5) is 17.1. The summed E-state index contributed by atoms with van der Waals surface area (Å²) in [7, 11) is 1.84. The summed E-state index contributed by atoms with van der Waals surface area (Å²) < 4.78 is 0. The number of halogens is 1. The van der Waals surface area contributed by atoms with Gasteiger partial charge in [0.25, 0.3) is 0 Å². The van der Waals surface area contributed by atoms with E-state index in [0.29, 0.717) is 0 Å². The standard InChI is InChI=1S/C21H25ClN6/c1-23-21(24-10-9-20-25-18-7-2-3-8-19(18)26-20)28-13-11-27(12-14-28)17-6-4-5-16(22)15-17/h2-8,15H,9-14H2,1H3,(H,23,24)(H,25,26). The molecule has 0 saturated carbocycles. The molecule has 0 unspecified atom stereocenters. The first-order valence-electron chi connectivity index (χ1n) is 9.62. The number of benzene rings is 2. The van der Waals surface area contributed by atoms with Gasteiger partial charge in [-0.1, -0.05) is 29.8 Å². The van der Waals surface area contributed by atoms with Gasteiger partial charge in [0.1, 0.15) is 5.82 Å². The van der Waals surface area contributed by atoms with Gasteiger partial charge in [0.2, 0.25) is 0 Å². The van der Waals surface area contributed by atoms with E-state index in [2.05, 4.69) is 42.2 Å². The number of hydrogen-bond donors (Lipinski definition) is 2. The molecule has 3 aromatic rings. The van der Waals surface area contributed by atoms with Gasteiger partial charge in [-0.2, -0.15) is 0 Å². The number of piperazine rings is 1. The van der Waals surface area contributed by atoms with Crippen molar-refractivity contribution >= 4 is 34.3 Å². The van der Waals surface area contributed by atoms with Crippen LogP contribution in [0.2, 0.25) is 5.02 Å². The molecule has 0 aliphatic carbocycles. The van der Waals surface area contributed by atoms with Crippen LogP contribution >= 0.6 is 11.6 Å². The number of guanidine groups is 1. The predicted octanol–water partition coefficient (Wildman–Crippen LogP) is 3.16. The van der Waals surface area contributed by atoms with Crippen LogP contribution in [0.4, 0.5) is 5.69 Å². The molecule has 0 bridgehead atoms. The molecule has 2 N–H and O–H groups in total. The zero-order chi connectivity index (χ0) is 19.3. The topological polar surface area (TPSA) is 59.6 Å². The van der Waals surface area contributed by atoms with E-state index >= 15 is 0 Å². The van der Waals surface area contributed by atoms with Crippen molar-refractivity contribution in [1.29, 1.82) is 0 Å². The molecule has 2 aromatic carbocycles. The zero-order valence-corrected chi connectivity index (χ0v) is 16.8. The molecule has 0 amide bonds. The molecular weight excluding hydrogens is 372 g/mol. The lowest BCUT2D eigenvalue weighted by atomic mass is 10.2. The predicted molar refractivity (Wildman–Crippen MR) is 116 cm³/mol. The van der Waals surface area contributed by atoms with E-state index in [1.807, 2.05) is 43.4 Å². The number of aliphatic imine (C=N–C) groups is 1. The average molecular weight is 397 g/mol. The Morgan fingerprint density at radius 2 is 1.96 bits per heavy atom. The molecule has 1 aromatic heterocycles. The number of para-hydroxylation sites is 2. The van der Waals surface area contributed by atoms with Crippen molar-refractivity contribution in [3.63, 3.8) is 0 Å². The number of nitrogens with one attached hydrogen (secondary N) is 2. The van der Waals surface area contributed by atoms with Crippen LogP contribution in [0, 0.1) is 0 Å². The fourth-order valence-electron chi connectivity index (χ4n) is 3.60. The minimum atomic E-state index is 0.781. The number of nitrogens with zero attached hydrogens (tertiary/aromatic N) is 4. The lowest BCUT2D eigenvalue weighted by Crippen LogP contribution is -2.52. The van der Waals surface area contributed by atoms with E-state index in [1.165, 1.54) is 5.69 Å². The molecule has 1 saturated heterocycles. The van der Waals surface area contributed by atoms with Crippen molar-refractivity contribution in [2.45, 2.75) is 6.42 Å². The molecule has 4 rings (SSSR count). The first-order valence-corrected chi connectivity index (χ1v) is 10.0. The fourth-order valence-corrected chi connectivity index (χ4v) is 3.78. The number of imidazole rings is 1. The summed E-state index contributed by atoms with van der Waals surface area (Å²) in [5.74, 6) is 1.94. The lowest BCUT2D eigenvalue weighted by molar-refractivity contribution is 0.373. The largest absolute Gasteiger partial charge is 0.368 e. The lowest BCUT2D eigenvalue weighted by Gasteiger charge is -2.37. The molecule has 2 heterocycles. The molecule has 6 nitrogen and oxygen atoms in total. The monoisotopic (exact) mass is 396 g/mol. The number of aromatic nitrogens is 2. The van der Waals surface area contributed by atoms with E-state index in [4.69, 9.17) is 11.6 Å². The summed E-state index contributed by atoms with van der Waals surface area (Å²) in [6.07, 6.45) is 0.830. The van der Waals surface area contributed by atoms with Crippen LogP contribution in [0.15, 0.2) is 53.5 Å². The third-order valence-corrected chi connectivity index (χ3v) is 5.28. The highest BCUT2D eigenvalue weighted by molar-refractivity contribution is 6.30. The Bertz CT molecular complexity index is 925. The zero-order valence-electron chi connectivity index (χ0n) is 16.0. The van der Waals surface area contributed by atoms with Crippen molar-refractivity contribution in [2.75, 3.05) is 44.7 Å². The van der Waals surface area contributed by atoms with E-state index < -0.39 is 0 Å². The highest BCUT2D eigenvalue weighted by Gasteiger charge is 2.19. The van der Waals surface area contributed by atoms with E-state index in [-0.39, 0.29) is 0 Å². The number of rotatable bonds is 4. The average Bonchev–Trinajstić information content (AvgIpc) is 3.14. The van der Waals surface area contributed by atoms with Gasteiger partial charge in [0.05, 0.1) is 11.0 Å². The molecule has 7 heteroatoms. The van der Waals surface area contributed by atoms with E-state index in [1.54, 1.807) is 0 Å². The van der Waals surface area contributed by atoms with Gasteiger partial charge in [0.15, 0.2) is 5.96 Å². The van der Waals surface area contributed by atoms with Crippen LogP contribution in [-0.2, 0) is 6.42 Å². The molecule has 1 aliphatic rings. The molecular formula is C21H25ClN6. The Hall–Kier alpha value is -2.73. The third-order valence-electron chi connectivity index (χ3n) is 5.05. The van der Waals surface area contributed by atoms with Crippen LogP contribution in [0.3, 0.4) is 0 Å². The summed E-state index contributed by atoms with van der Waals surface area (Å²) in [5, 5.41) is 4.25. The van der Waals surface area contributed by atoms with Crippen molar-refractivity contribution in [3.8, 4) is 0 Å². The maximum Gasteiger partial charge on any atom is 0.193 e. The number of fused-ring (bicyclic) bond motifs is 1. The SMILES string of the molecule is CN=C(NCCc1nc2ccccc2[nH]1)N1CCN(c2cccc(Cl)c2)CC1. The molecule has 0 radical (unpaired) electrons. The normalized spacial score (nSPS) is 15.3. The van der Waals surface area contributed by atoms with Gasteiger partial charge in [-0.05, 0) is 30.3 Å². The molecule has 28 heavy (non-hydrogen) atoms. The van der Waals surface area contributed by atoms with Crippen LogP contribution in [-0.4, -0.2) is 60.6 Å². The highest BCUT2D eigenvalue weighted by Crippen LogP contribution is 2.20. The maximum atomic E-state index is 6.13. The van der Waals surface area contributed by atoms with Crippen LogP contribution in [0.25, 0.3) is 11.0 Å². The quantitative estimate of drug-likeness (QED) is 0.525. The summed E-state index contributed by atoms with van der Waals surface area (Å²) >= 11 is 6.13. The molecule has 1 fully saturated rings. The van der Waals surface area contributed by atoms with Gasteiger partial charge in [-0.15, -0.1) is 0 Å². The maximum absolute atomic E-state index is 6.13. The van der Waals surface area contributed by atoms with Gasteiger partial charge in [-0.3, -0.25) is 4.99 Å². The summed E-state index contributed by atoms with van der Waals surface area (Å²) in [6, 6.07) is 16.2. The van der Waals surface area contributed by atoms with Crippen molar-refractivity contribution < 1.29 is 0 Å². The first-order chi connectivity index (χ1) is 13.7. The van der Waals surface area contributed by atoms with Crippen LogP contribution in [0.1, 0.15) is 5.82 Å². The van der Waals surface area contributed by atoms with Crippen LogP contribution in [0.5, 0.6) is 0 Å². The summed E-state index contributed by atoms with van der Waals surface area (Å²) in [6.45, 7) is 4.55. The minimum Gasteiger partial charge on any atom is -0.368 e. The Labute approximate surface area is 170 Å². The van der Waals surface area contributed by atoms with Gasteiger partial charge < -0.3 is 20.1 Å². The van der Waals surface area contributed by atoms with Crippen molar-refractivity contribution in [1.82, 2.24) is 20.2 Å². The molecule has 1 aliphatic heterocycles. The Balaban J connectivity index is 1.29. The van der Waals surface area contributed by atoms with Crippen LogP contribution < -0.4 is 10.2 Å².